The van der Waals surface area contributed by atoms with Crippen molar-refractivity contribution in [1.82, 2.24) is 4.90 Å². The smallest absolute Gasteiger partial charge is 0.375 e. The minimum atomic E-state index is -1.32. The zero-order chi connectivity index (χ0) is 16.6. The Morgan fingerprint density at radius 1 is 1.25 bits per heavy atom. The predicted octanol–water partition coefficient (Wildman–Crippen LogP) is 1.67. The van der Waals surface area contributed by atoms with E-state index in [9.17, 15) is 14.7 Å². The molecule has 8 heteroatoms. The van der Waals surface area contributed by atoms with Gasteiger partial charge in [-0.15, -0.1) is 12.4 Å². The summed E-state index contributed by atoms with van der Waals surface area (Å²) in [4.78, 5) is 28.2. The van der Waals surface area contributed by atoms with Crippen LogP contribution in [0.4, 0.5) is 5.69 Å². The summed E-state index contributed by atoms with van der Waals surface area (Å²) in [5.41, 5.74) is 0.556. The first kappa shape index (κ1) is 18.1. The molecule has 1 N–H and O–H groups in total. The van der Waals surface area contributed by atoms with Crippen molar-refractivity contribution in [2.75, 3.05) is 45.2 Å². The number of para-hydroxylation sites is 1. The van der Waals surface area contributed by atoms with Crippen molar-refractivity contribution in [3.05, 3.63) is 34.2 Å². The molecule has 0 radical (unpaired) electrons. The number of carboxylic acid groups (broad SMARTS) is 1. The maximum atomic E-state index is 12.5. The van der Waals surface area contributed by atoms with Gasteiger partial charge in [0.1, 0.15) is 0 Å². The van der Waals surface area contributed by atoms with E-state index in [0.717, 1.165) is 31.9 Å². The third-order valence-corrected chi connectivity index (χ3v) is 4.10. The maximum absolute atomic E-state index is 12.5. The van der Waals surface area contributed by atoms with Crippen LogP contribution in [-0.4, -0.2) is 56.3 Å². The summed E-state index contributed by atoms with van der Waals surface area (Å²) in [7, 11) is 3.31. The summed E-state index contributed by atoms with van der Waals surface area (Å²) in [5, 5.41) is 9.61. The summed E-state index contributed by atoms with van der Waals surface area (Å²) in [5.74, 6) is -2.07. The van der Waals surface area contributed by atoms with E-state index in [1.165, 1.54) is 7.11 Å². The van der Waals surface area contributed by atoms with E-state index in [4.69, 9.17) is 9.15 Å². The molecular formula is C16H19ClN2O5. The highest BCUT2D eigenvalue weighted by atomic mass is 35.5. The van der Waals surface area contributed by atoms with Crippen LogP contribution in [0.2, 0.25) is 0 Å². The SMILES string of the molecule is COc1c(C(=O)O)oc2c(N3CCN(C)CC3)cccc2c1=O.Cl. The molecule has 2 aromatic rings. The average molecular weight is 355 g/mol. The minimum Gasteiger partial charge on any atom is -0.489 e. The van der Waals surface area contributed by atoms with Crippen molar-refractivity contribution in [3.63, 3.8) is 0 Å². The van der Waals surface area contributed by atoms with Crippen LogP contribution in [0.1, 0.15) is 10.6 Å². The fraction of sp³-hybridized carbons (Fsp3) is 0.375. The first-order chi connectivity index (χ1) is 11.0. The van der Waals surface area contributed by atoms with Gasteiger partial charge in [-0.05, 0) is 19.2 Å². The van der Waals surface area contributed by atoms with E-state index >= 15 is 0 Å². The van der Waals surface area contributed by atoms with Gasteiger partial charge in [-0.1, -0.05) is 6.07 Å². The Labute approximate surface area is 144 Å². The molecule has 0 unspecified atom stereocenters. The van der Waals surface area contributed by atoms with Gasteiger partial charge in [0.2, 0.25) is 11.2 Å². The number of fused-ring (bicyclic) bond motifs is 1. The fourth-order valence-electron chi connectivity index (χ4n) is 2.81. The van der Waals surface area contributed by atoms with E-state index < -0.39 is 17.2 Å². The number of hydrogen-bond acceptors (Lipinski definition) is 6. The Hall–Kier alpha value is -2.25. The molecule has 0 saturated carbocycles. The Kier molecular flexibility index (Phi) is 5.36. The largest absolute Gasteiger partial charge is 0.489 e. The molecular weight excluding hydrogens is 336 g/mol. The quantitative estimate of drug-likeness (QED) is 0.897. The molecule has 0 amide bonds. The van der Waals surface area contributed by atoms with Crippen LogP contribution >= 0.6 is 12.4 Å². The molecule has 1 saturated heterocycles. The Morgan fingerprint density at radius 2 is 1.92 bits per heavy atom. The summed E-state index contributed by atoms with van der Waals surface area (Å²) < 4.78 is 10.5. The molecule has 0 atom stereocenters. The highest BCUT2D eigenvalue weighted by molar-refractivity contribution is 5.95. The van der Waals surface area contributed by atoms with Gasteiger partial charge in [0.15, 0.2) is 5.58 Å². The second-order valence-corrected chi connectivity index (χ2v) is 5.54. The molecule has 1 aromatic carbocycles. The molecule has 1 aromatic heterocycles. The number of hydrogen-bond donors (Lipinski definition) is 1. The average Bonchev–Trinajstić information content (AvgIpc) is 2.55. The van der Waals surface area contributed by atoms with Crippen LogP contribution in [0.25, 0.3) is 11.0 Å². The molecule has 0 spiro atoms. The highest BCUT2D eigenvalue weighted by Crippen LogP contribution is 2.29. The standard InChI is InChI=1S/C16H18N2O5.ClH/c1-17-6-8-18(9-7-17)11-5-3-4-10-12(19)14(22-2)15(16(20)21)23-13(10)11;/h3-5H,6-9H2,1-2H3,(H,20,21);1H. The fourth-order valence-corrected chi connectivity index (χ4v) is 2.81. The lowest BCUT2D eigenvalue weighted by atomic mass is 10.1. The zero-order valence-electron chi connectivity index (χ0n) is 13.4. The van der Waals surface area contributed by atoms with E-state index in [1.54, 1.807) is 12.1 Å². The number of carboxylic acids is 1. The first-order valence-electron chi connectivity index (χ1n) is 7.33. The highest BCUT2D eigenvalue weighted by Gasteiger charge is 2.24. The van der Waals surface area contributed by atoms with E-state index in [2.05, 4.69) is 9.80 Å². The lowest BCUT2D eigenvalue weighted by Gasteiger charge is -2.34. The molecule has 0 aliphatic carbocycles. The molecule has 0 bridgehead atoms. The van der Waals surface area contributed by atoms with Gasteiger partial charge in [0.25, 0.3) is 5.76 Å². The van der Waals surface area contributed by atoms with Crippen molar-refractivity contribution >= 4 is 35.0 Å². The molecule has 1 fully saturated rings. The predicted molar refractivity (Wildman–Crippen MR) is 93.0 cm³/mol. The molecule has 2 heterocycles. The van der Waals surface area contributed by atoms with Crippen molar-refractivity contribution in [2.45, 2.75) is 0 Å². The van der Waals surface area contributed by atoms with E-state index in [-0.39, 0.29) is 18.2 Å². The zero-order valence-corrected chi connectivity index (χ0v) is 14.3. The number of aromatic carboxylic acids is 1. The summed E-state index contributed by atoms with van der Waals surface area (Å²) in [6.07, 6.45) is 0. The number of nitrogens with zero attached hydrogens (tertiary/aromatic N) is 2. The number of likely N-dealkylation sites (N-methyl/N-ethyl adjacent to an activating group) is 1. The van der Waals surface area contributed by atoms with Gasteiger partial charge in [0, 0.05) is 26.2 Å². The number of anilines is 1. The summed E-state index contributed by atoms with van der Waals surface area (Å²) in [6, 6.07) is 5.23. The summed E-state index contributed by atoms with van der Waals surface area (Å²) >= 11 is 0. The van der Waals surface area contributed by atoms with E-state index in [0.29, 0.717) is 11.0 Å². The Balaban J connectivity index is 0.00000208. The van der Waals surface area contributed by atoms with Crippen LogP contribution in [0.5, 0.6) is 5.75 Å². The molecule has 1 aliphatic heterocycles. The topological polar surface area (TPSA) is 83.2 Å². The molecule has 3 rings (SSSR count). The van der Waals surface area contributed by atoms with Crippen molar-refractivity contribution in [3.8, 4) is 5.75 Å². The maximum Gasteiger partial charge on any atom is 0.375 e. The lowest BCUT2D eigenvalue weighted by molar-refractivity contribution is 0.0657. The van der Waals surface area contributed by atoms with Crippen molar-refractivity contribution in [2.24, 2.45) is 0 Å². The second kappa shape index (κ2) is 7.11. The van der Waals surface area contributed by atoms with Crippen molar-refractivity contribution in [1.29, 1.82) is 0 Å². The second-order valence-electron chi connectivity index (χ2n) is 5.54. The Morgan fingerprint density at radius 3 is 2.50 bits per heavy atom. The van der Waals surface area contributed by atoms with Gasteiger partial charge in [-0.25, -0.2) is 4.79 Å². The number of rotatable bonds is 3. The third kappa shape index (κ3) is 3.05. The monoisotopic (exact) mass is 354 g/mol. The molecule has 24 heavy (non-hydrogen) atoms. The number of ether oxygens (including phenoxy) is 1. The van der Waals surface area contributed by atoms with Crippen LogP contribution in [0.3, 0.4) is 0 Å². The molecule has 1 aliphatic rings. The number of benzene rings is 1. The van der Waals surface area contributed by atoms with Crippen LogP contribution in [-0.2, 0) is 0 Å². The normalized spacial score (nSPS) is 15.2. The molecule has 130 valence electrons. The van der Waals surface area contributed by atoms with Gasteiger partial charge < -0.3 is 24.1 Å². The number of methoxy groups -OCH3 is 1. The van der Waals surface area contributed by atoms with Gasteiger partial charge >= 0.3 is 5.97 Å². The lowest BCUT2D eigenvalue weighted by Crippen LogP contribution is -2.44. The first-order valence-corrected chi connectivity index (χ1v) is 7.33. The van der Waals surface area contributed by atoms with Gasteiger partial charge in [-0.2, -0.15) is 0 Å². The number of carbonyl (C=O) groups is 1. The summed E-state index contributed by atoms with van der Waals surface area (Å²) in [6.45, 7) is 3.35. The van der Waals surface area contributed by atoms with Crippen molar-refractivity contribution < 1.29 is 19.1 Å². The van der Waals surface area contributed by atoms with Crippen LogP contribution < -0.4 is 15.1 Å². The molecule has 7 nitrogen and oxygen atoms in total. The Bertz CT molecular complexity index is 812. The van der Waals surface area contributed by atoms with Crippen LogP contribution in [0, 0.1) is 0 Å². The minimum absolute atomic E-state index is 0. The third-order valence-electron chi connectivity index (χ3n) is 4.10. The van der Waals surface area contributed by atoms with Crippen LogP contribution in [0.15, 0.2) is 27.4 Å². The van der Waals surface area contributed by atoms with Gasteiger partial charge in [-0.3, -0.25) is 4.79 Å². The van der Waals surface area contributed by atoms with Gasteiger partial charge in [0.05, 0.1) is 18.2 Å². The van der Waals surface area contributed by atoms with E-state index in [1.807, 2.05) is 13.1 Å². The number of piperazine rings is 1. The number of halogens is 1.